The van der Waals surface area contributed by atoms with Crippen molar-refractivity contribution in [3.63, 3.8) is 0 Å². The second-order valence-corrected chi connectivity index (χ2v) is 6.10. The summed E-state index contributed by atoms with van der Waals surface area (Å²) in [6.45, 7) is 1.80. The van der Waals surface area contributed by atoms with Crippen LogP contribution in [0.25, 0.3) is 0 Å². The van der Waals surface area contributed by atoms with Gasteiger partial charge in [0.25, 0.3) is 10.0 Å². The number of nitrogens with one attached hydrogen (secondary N) is 1. The molecule has 0 saturated heterocycles. The zero-order valence-electron chi connectivity index (χ0n) is 11.0. The van der Waals surface area contributed by atoms with Gasteiger partial charge in [-0.25, -0.2) is 17.6 Å². The van der Waals surface area contributed by atoms with Crippen molar-refractivity contribution in [2.75, 3.05) is 4.72 Å². The van der Waals surface area contributed by atoms with Gasteiger partial charge in [0.05, 0.1) is 16.1 Å². The number of hydrogen-bond acceptors (Lipinski definition) is 3. The smallest absolute Gasteiger partial charge is 0.337 e. The molecule has 2 rings (SSSR count). The van der Waals surface area contributed by atoms with Crippen LogP contribution in [0.3, 0.4) is 0 Å². The van der Waals surface area contributed by atoms with Crippen molar-refractivity contribution in [2.45, 2.75) is 11.8 Å². The first-order valence-electron chi connectivity index (χ1n) is 5.92. The zero-order valence-corrected chi connectivity index (χ0v) is 11.8. The predicted octanol–water partition coefficient (Wildman–Crippen LogP) is 2.63. The average Bonchev–Trinajstić information content (AvgIpc) is 2.38. The van der Waals surface area contributed by atoms with Gasteiger partial charge in [0.2, 0.25) is 0 Å². The minimum Gasteiger partial charge on any atom is -0.478 e. The molecule has 0 fully saturated rings. The second-order valence-electron chi connectivity index (χ2n) is 4.41. The summed E-state index contributed by atoms with van der Waals surface area (Å²) in [6, 6.07) is 8.78. The number of rotatable bonds is 4. The summed E-state index contributed by atoms with van der Waals surface area (Å²) < 4.78 is 39.7. The molecule has 0 aliphatic carbocycles. The SMILES string of the molecule is Cc1ccc(S(=O)(=O)Nc2cc(F)ccc2C(=O)O)cc1. The molecular weight excluding hydrogens is 297 g/mol. The summed E-state index contributed by atoms with van der Waals surface area (Å²) in [4.78, 5) is 11.0. The van der Waals surface area contributed by atoms with Crippen LogP contribution in [-0.4, -0.2) is 19.5 Å². The molecule has 0 aliphatic heterocycles. The van der Waals surface area contributed by atoms with Crippen LogP contribution >= 0.6 is 0 Å². The van der Waals surface area contributed by atoms with Gasteiger partial charge in [0, 0.05) is 0 Å². The third-order valence-electron chi connectivity index (χ3n) is 2.79. The van der Waals surface area contributed by atoms with Crippen molar-refractivity contribution in [1.82, 2.24) is 0 Å². The lowest BCUT2D eigenvalue weighted by molar-refractivity contribution is 0.0698. The van der Waals surface area contributed by atoms with E-state index in [0.717, 1.165) is 23.8 Å². The van der Waals surface area contributed by atoms with Gasteiger partial charge in [0.15, 0.2) is 0 Å². The minimum atomic E-state index is -3.98. The lowest BCUT2D eigenvalue weighted by atomic mass is 10.2. The Morgan fingerprint density at radius 1 is 1.14 bits per heavy atom. The van der Waals surface area contributed by atoms with E-state index in [2.05, 4.69) is 4.72 Å². The summed E-state index contributed by atoms with van der Waals surface area (Å²) in [5.41, 5.74) is 0.237. The van der Waals surface area contributed by atoms with Gasteiger partial charge in [0.1, 0.15) is 5.82 Å². The van der Waals surface area contributed by atoms with Crippen molar-refractivity contribution in [1.29, 1.82) is 0 Å². The van der Waals surface area contributed by atoms with Gasteiger partial charge in [-0.05, 0) is 37.3 Å². The van der Waals surface area contributed by atoms with Crippen LogP contribution in [0.2, 0.25) is 0 Å². The van der Waals surface area contributed by atoms with Crippen LogP contribution in [0.1, 0.15) is 15.9 Å². The lowest BCUT2D eigenvalue weighted by Gasteiger charge is -2.11. The summed E-state index contributed by atoms with van der Waals surface area (Å²) in [7, 11) is -3.98. The molecule has 0 aliphatic rings. The highest BCUT2D eigenvalue weighted by molar-refractivity contribution is 7.92. The molecule has 21 heavy (non-hydrogen) atoms. The highest BCUT2D eigenvalue weighted by atomic mass is 32.2. The fourth-order valence-electron chi connectivity index (χ4n) is 1.71. The molecule has 5 nitrogen and oxygen atoms in total. The normalized spacial score (nSPS) is 11.1. The molecule has 0 aromatic heterocycles. The first-order chi connectivity index (χ1) is 9.79. The molecule has 0 saturated carbocycles. The van der Waals surface area contributed by atoms with Gasteiger partial charge in [-0.15, -0.1) is 0 Å². The van der Waals surface area contributed by atoms with E-state index in [4.69, 9.17) is 5.11 Å². The van der Waals surface area contributed by atoms with E-state index < -0.39 is 21.8 Å². The maximum absolute atomic E-state index is 13.2. The van der Waals surface area contributed by atoms with Crippen molar-refractivity contribution < 1.29 is 22.7 Å². The summed E-state index contributed by atoms with van der Waals surface area (Å²) in [5, 5.41) is 9.00. The number of aryl methyl sites for hydroxylation is 1. The van der Waals surface area contributed by atoms with Crippen molar-refractivity contribution in [3.8, 4) is 0 Å². The Hall–Kier alpha value is -2.41. The number of carboxylic acids is 1. The van der Waals surface area contributed by atoms with E-state index >= 15 is 0 Å². The topological polar surface area (TPSA) is 83.5 Å². The molecule has 2 aromatic carbocycles. The number of carbonyl (C=O) groups is 1. The Balaban J connectivity index is 2.43. The van der Waals surface area contributed by atoms with Gasteiger partial charge < -0.3 is 5.11 Å². The maximum Gasteiger partial charge on any atom is 0.337 e. The van der Waals surface area contributed by atoms with Crippen LogP contribution in [0, 0.1) is 12.7 Å². The van der Waals surface area contributed by atoms with E-state index in [1.54, 1.807) is 19.1 Å². The third kappa shape index (κ3) is 3.38. The molecule has 0 radical (unpaired) electrons. The summed E-state index contributed by atoms with van der Waals surface area (Å²) >= 11 is 0. The Labute approximate surface area is 121 Å². The molecule has 0 unspecified atom stereocenters. The zero-order chi connectivity index (χ0) is 15.6. The van der Waals surface area contributed by atoms with Crippen LogP contribution < -0.4 is 4.72 Å². The Bertz CT molecular complexity index is 785. The molecule has 0 amide bonds. The van der Waals surface area contributed by atoms with Crippen molar-refractivity contribution in [3.05, 3.63) is 59.4 Å². The molecule has 2 aromatic rings. The number of anilines is 1. The van der Waals surface area contributed by atoms with Crippen LogP contribution in [-0.2, 0) is 10.0 Å². The number of aromatic carboxylic acids is 1. The number of benzene rings is 2. The summed E-state index contributed by atoms with van der Waals surface area (Å²) in [5.74, 6) is -2.08. The maximum atomic E-state index is 13.2. The molecule has 110 valence electrons. The first kappa shape index (κ1) is 15.0. The average molecular weight is 309 g/mol. The fraction of sp³-hybridized carbons (Fsp3) is 0.0714. The molecule has 2 N–H and O–H groups in total. The van der Waals surface area contributed by atoms with Crippen LogP contribution in [0.4, 0.5) is 10.1 Å². The van der Waals surface area contributed by atoms with Gasteiger partial charge >= 0.3 is 5.97 Å². The first-order valence-corrected chi connectivity index (χ1v) is 7.40. The predicted molar refractivity (Wildman–Crippen MR) is 75.3 cm³/mol. The van der Waals surface area contributed by atoms with Crippen LogP contribution in [0.5, 0.6) is 0 Å². The Kier molecular flexibility index (Phi) is 3.95. The standard InChI is InChI=1S/C14H12FNO4S/c1-9-2-5-11(6-3-9)21(19,20)16-13-8-10(15)4-7-12(13)14(17)18/h2-8,16H,1H3,(H,17,18). The van der Waals surface area contributed by atoms with E-state index in [0.29, 0.717) is 0 Å². The molecule has 0 spiro atoms. The van der Waals surface area contributed by atoms with E-state index in [-0.39, 0.29) is 16.1 Å². The quantitative estimate of drug-likeness (QED) is 0.909. The second kappa shape index (κ2) is 5.53. The molecule has 0 bridgehead atoms. The van der Waals surface area contributed by atoms with E-state index in [1.165, 1.54) is 12.1 Å². The number of hydrogen-bond donors (Lipinski definition) is 2. The largest absolute Gasteiger partial charge is 0.478 e. The van der Waals surface area contributed by atoms with Crippen LogP contribution in [0.15, 0.2) is 47.4 Å². The third-order valence-corrected chi connectivity index (χ3v) is 4.17. The Morgan fingerprint density at radius 2 is 1.76 bits per heavy atom. The number of halogens is 1. The lowest BCUT2D eigenvalue weighted by Crippen LogP contribution is -2.15. The molecule has 7 heteroatoms. The molecule has 0 atom stereocenters. The highest BCUT2D eigenvalue weighted by Gasteiger charge is 2.19. The molecular formula is C14H12FNO4S. The Morgan fingerprint density at radius 3 is 2.33 bits per heavy atom. The van der Waals surface area contributed by atoms with Gasteiger partial charge in [-0.3, -0.25) is 4.72 Å². The van der Waals surface area contributed by atoms with Gasteiger partial charge in [-0.1, -0.05) is 17.7 Å². The van der Waals surface area contributed by atoms with E-state index in [1.807, 2.05) is 0 Å². The number of carboxylic acid groups (broad SMARTS) is 1. The van der Waals surface area contributed by atoms with Crippen molar-refractivity contribution in [2.24, 2.45) is 0 Å². The molecule has 0 heterocycles. The van der Waals surface area contributed by atoms with Crippen molar-refractivity contribution >= 4 is 21.7 Å². The van der Waals surface area contributed by atoms with Gasteiger partial charge in [-0.2, -0.15) is 0 Å². The monoisotopic (exact) mass is 309 g/mol. The summed E-state index contributed by atoms with van der Waals surface area (Å²) in [6.07, 6.45) is 0. The highest BCUT2D eigenvalue weighted by Crippen LogP contribution is 2.21. The number of sulfonamides is 1. The van der Waals surface area contributed by atoms with E-state index in [9.17, 15) is 17.6 Å². The minimum absolute atomic E-state index is 0.0336. The fourth-order valence-corrected chi connectivity index (χ4v) is 2.78.